The number of aromatic nitrogens is 3. The molecule has 0 aliphatic carbocycles. The summed E-state index contributed by atoms with van der Waals surface area (Å²) in [6.07, 6.45) is 0.636. The van der Waals surface area contributed by atoms with E-state index in [1.165, 1.54) is 29.2 Å². The Hall–Kier alpha value is -2.13. The van der Waals surface area contributed by atoms with Gasteiger partial charge >= 0.3 is 0 Å². The number of aryl methyl sites for hydroxylation is 1. The van der Waals surface area contributed by atoms with E-state index in [-0.39, 0.29) is 17.5 Å². The van der Waals surface area contributed by atoms with E-state index in [2.05, 4.69) is 20.5 Å². The van der Waals surface area contributed by atoms with Crippen LogP contribution >= 0.6 is 23.1 Å². The number of nitrogens with one attached hydrogen (secondary N) is 2. The third kappa shape index (κ3) is 3.68. The number of halogens is 1. The van der Waals surface area contributed by atoms with Gasteiger partial charge in [-0.25, -0.2) is 4.39 Å². The van der Waals surface area contributed by atoms with E-state index in [9.17, 15) is 9.18 Å². The highest BCUT2D eigenvalue weighted by atomic mass is 32.2. The first-order valence-corrected chi connectivity index (χ1v) is 9.09. The van der Waals surface area contributed by atoms with Crippen molar-refractivity contribution < 1.29 is 9.18 Å². The highest BCUT2D eigenvalue weighted by molar-refractivity contribution is 8.01. The Morgan fingerprint density at radius 2 is 2.29 bits per heavy atom. The molecule has 3 aromatic rings. The van der Waals surface area contributed by atoms with Gasteiger partial charge in [0, 0.05) is 17.6 Å². The number of nitrogen functional groups attached to an aromatic ring is 1. The Morgan fingerprint density at radius 3 is 3.04 bits per heavy atom. The number of carbonyl (C=O) groups is 1. The van der Waals surface area contributed by atoms with Crippen LogP contribution in [0.1, 0.15) is 11.3 Å². The van der Waals surface area contributed by atoms with Crippen LogP contribution in [0.25, 0.3) is 10.9 Å². The van der Waals surface area contributed by atoms with Gasteiger partial charge in [-0.1, -0.05) is 35.2 Å². The number of anilines is 1. The highest BCUT2D eigenvalue weighted by Gasteiger charge is 2.12. The summed E-state index contributed by atoms with van der Waals surface area (Å²) in [5.41, 5.74) is 7.95. The normalized spacial score (nSPS) is 11.1. The third-order valence-corrected chi connectivity index (χ3v) is 5.44. The molecule has 3 rings (SSSR count). The molecule has 0 atom stereocenters. The number of aromatic amines is 1. The summed E-state index contributed by atoms with van der Waals surface area (Å²) in [6.45, 7) is 2.40. The zero-order valence-electron chi connectivity index (χ0n) is 12.9. The lowest BCUT2D eigenvalue weighted by Gasteiger charge is -2.05. The smallest absolute Gasteiger partial charge is 0.230 e. The second kappa shape index (κ2) is 7.18. The molecule has 0 unspecified atom stereocenters. The first kappa shape index (κ1) is 16.7. The number of nitrogens with zero attached hydrogens (tertiary/aromatic N) is 2. The molecular formula is C15H16FN5OS2. The van der Waals surface area contributed by atoms with Crippen LogP contribution in [0.4, 0.5) is 9.52 Å². The standard InChI is InChI=1S/C15H16FN5OS2/c1-8-9(10-3-2-4-11(16)13(10)19-8)5-6-18-12(22)7-23-15-21-20-14(17)24-15/h2-4,19H,5-7H2,1H3,(H2,17,20)(H,18,22). The van der Waals surface area contributed by atoms with Gasteiger partial charge in [0.05, 0.1) is 11.3 Å². The maximum Gasteiger partial charge on any atom is 0.230 e. The third-order valence-electron chi connectivity index (χ3n) is 3.55. The van der Waals surface area contributed by atoms with Gasteiger partial charge in [0.25, 0.3) is 0 Å². The predicted octanol–water partition coefficient (Wildman–Crippen LogP) is 2.50. The molecule has 4 N–H and O–H groups in total. The van der Waals surface area contributed by atoms with Gasteiger partial charge in [-0.15, -0.1) is 10.2 Å². The topological polar surface area (TPSA) is 96.7 Å². The maximum absolute atomic E-state index is 13.8. The minimum Gasteiger partial charge on any atom is -0.374 e. The summed E-state index contributed by atoms with van der Waals surface area (Å²) in [7, 11) is 0. The second-order valence-electron chi connectivity index (χ2n) is 5.19. The van der Waals surface area contributed by atoms with Gasteiger partial charge in [-0.05, 0) is 25.0 Å². The number of nitrogens with two attached hydrogens (primary N) is 1. The minimum absolute atomic E-state index is 0.0857. The first-order valence-electron chi connectivity index (χ1n) is 7.28. The summed E-state index contributed by atoms with van der Waals surface area (Å²) in [5, 5.41) is 11.7. The van der Waals surface area contributed by atoms with Crippen LogP contribution < -0.4 is 11.1 Å². The Bertz CT molecular complexity index is 876. The summed E-state index contributed by atoms with van der Waals surface area (Å²) in [4.78, 5) is 14.9. The van der Waals surface area contributed by atoms with E-state index in [4.69, 9.17) is 5.73 Å². The molecule has 2 aromatic heterocycles. The minimum atomic E-state index is -0.265. The largest absolute Gasteiger partial charge is 0.374 e. The molecule has 9 heteroatoms. The number of hydrogen-bond donors (Lipinski definition) is 3. The van der Waals surface area contributed by atoms with E-state index in [1.807, 2.05) is 13.0 Å². The molecule has 0 saturated heterocycles. The Balaban J connectivity index is 1.54. The molecule has 6 nitrogen and oxygen atoms in total. The van der Waals surface area contributed by atoms with Gasteiger partial charge in [0.15, 0.2) is 4.34 Å². The van der Waals surface area contributed by atoms with Crippen LogP contribution in [0.3, 0.4) is 0 Å². The number of hydrogen-bond acceptors (Lipinski definition) is 6. The van der Waals surface area contributed by atoms with Crippen LogP contribution in [-0.2, 0) is 11.2 Å². The molecule has 1 aromatic carbocycles. The fraction of sp³-hybridized carbons (Fsp3) is 0.267. The van der Waals surface area contributed by atoms with Gasteiger partial charge in [0.1, 0.15) is 5.82 Å². The van der Waals surface area contributed by atoms with E-state index >= 15 is 0 Å². The van der Waals surface area contributed by atoms with E-state index in [0.717, 1.165) is 16.6 Å². The Kier molecular flexibility index (Phi) is 5.00. The summed E-state index contributed by atoms with van der Waals surface area (Å²) in [6, 6.07) is 5.01. The van der Waals surface area contributed by atoms with Crippen LogP contribution in [-0.4, -0.2) is 33.4 Å². The summed E-state index contributed by atoms with van der Waals surface area (Å²) in [5.74, 6) is -0.0908. The van der Waals surface area contributed by atoms with Gasteiger partial charge in [0.2, 0.25) is 11.0 Å². The lowest BCUT2D eigenvalue weighted by atomic mass is 10.1. The van der Waals surface area contributed by atoms with Gasteiger partial charge < -0.3 is 16.0 Å². The average Bonchev–Trinajstić information content (AvgIpc) is 3.10. The second-order valence-corrected chi connectivity index (χ2v) is 7.42. The van der Waals surface area contributed by atoms with E-state index < -0.39 is 0 Å². The van der Waals surface area contributed by atoms with Gasteiger partial charge in [-0.2, -0.15) is 0 Å². The number of rotatable bonds is 6. The lowest BCUT2D eigenvalue weighted by Crippen LogP contribution is -2.27. The SMILES string of the molecule is Cc1[nH]c2c(F)cccc2c1CCNC(=O)CSc1nnc(N)s1. The van der Waals surface area contributed by atoms with Crippen molar-refractivity contribution in [3.8, 4) is 0 Å². The van der Waals surface area contributed by atoms with Crippen molar-refractivity contribution in [1.29, 1.82) is 0 Å². The van der Waals surface area contributed by atoms with Crippen LogP contribution in [0.15, 0.2) is 22.5 Å². The van der Waals surface area contributed by atoms with Crippen LogP contribution in [0, 0.1) is 12.7 Å². The quantitative estimate of drug-likeness (QED) is 0.583. The fourth-order valence-corrected chi connectivity index (χ4v) is 3.94. The fourth-order valence-electron chi connectivity index (χ4n) is 2.47. The molecule has 24 heavy (non-hydrogen) atoms. The number of fused-ring (bicyclic) bond motifs is 1. The van der Waals surface area contributed by atoms with Crippen molar-refractivity contribution >= 4 is 45.0 Å². The summed E-state index contributed by atoms with van der Waals surface area (Å²) < 4.78 is 14.4. The van der Waals surface area contributed by atoms with E-state index in [1.54, 1.807) is 6.07 Å². The molecule has 0 spiro atoms. The maximum atomic E-state index is 13.8. The van der Waals surface area contributed by atoms with Crippen molar-refractivity contribution in [1.82, 2.24) is 20.5 Å². The number of para-hydroxylation sites is 1. The molecule has 2 heterocycles. The van der Waals surface area contributed by atoms with Crippen molar-refractivity contribution in [2.75, 3.05) is 18.0 Å². The van der Waals surface area contributed by atoms with Crippen molar-refractivity contribution in [3.05, 3.63) is 35.3 Å². The monoisotopic (exact) mass is 365 g/mol. The molecule has 0 bridgehead atoms. The molecule has 0 fully saturated rings. The van der Waals surface area contributed by atoms with Crippen LogP contribution in [0.5, 0.6) is 0 Å². The summed E-state index contributed by atoms with van der Waals surface area (Å²) >= 11 is 2.56. The zero-order valence-corrected chi connectivity index (χ0v) is 14.6. The molecule has 0 aliphatic heterocycles. The van der Waals surface area contributed by atoms with E-state index in [0.29, 0.717) is 28.0 Å². The molecule has 1 amide bonds. The highest BCUT2D eigenvalue weighted by Crippen LogP contribution is 2.25. The molecule has 0 radical (unpaired) electrons. The van der Waals surface area contributed by atoms with Crippen molar-refractivity contribution in [2.24, 2.45) is 0 Å². The van der Waals surface area contributed by atoms with Crippen molar-refractivity contribution in [3.63, 3.8) is 0 Å². The first-order chi connectivity index (χ1) is 11.5. The number of H-pyrrole nitrogens is 1. The molecular weight excluding hydrogens is 349 g/mol. The van der Waals surface area contributed by atoms with Crippen LogP contribution in [0.2, 0.25) is 0 Å². The average molecular weight is 365 g/mol. The predicted molar refractivity (Wildman–Crippen MR) is 94.8 cm³/mol. The Labute approximate surface area is 146 Å². The zero-order chi connectivity index (χ0) is 17.1. The Morgan fingerprint density at radius 1 is 1.46 bits per heavy atom. The lowest BCUT2D eigenvalue weighted by molar-refractivity contribution is -0.118. The number of carbonyl (C=O) groups excluding carboxylic acids is 1. The molecule has 126 valence electrons. The number of benzene rings is 1. The number of amides is 1. The molecule has 0 aliphatic rings. The van der Waals surface area contributed by atoms with Crippen molar-refractivity contribution in [2.45, 2.75) is 17.7 Å². The molecule has 0 saturated carbocycles. The van der Waals surface area contributed by atoms with Gasteiger partial charge in [-0.3, -0.25) is 4.79 Å². The number of thioether (sulfide) groups is 1.